The molecule has 0 aliphatic rings. The van der Waals surface area contributed by atoms with Gasteiger partial charge in [-0.2, -0.15) is 0 Å². The van der Waals surface area contributed by atoms with E-state index in [4.69, 9.17) is 10.5 Å². The van der Waals surface area contributed by atoms with Crippen molar-refractivity contribution < 1.29 is 4.74 Å². The molecule has 0 bridgehead atoms. The molecule has 0 atom stereocenters. The van der Waals surface area contributed by atoms with E-state index in [1.54, 1.807) is 7.11 Å². The summed E-state index contributed by atoms with van der Waals surface area (Å²) < 4.78 is 5.37. The Labute approximate surface area is 108 Å². The summed E-state index contributed by atoms with van der Waals surface area (Å²) in [6.45, 7) is 2.20. The van der Waals surface area contributed by atoms with Gasteiger partial charge in [-0.25, -0.2) is 4.98 Å². The van der Waals surface area contributed by atoms with Crippen LogP contribution in [0.3, 0.4) is 0 Å². The number of anilines is 1. The van der Waals surface area contributed by atoms with E-state index in [2.05, 4.69) is 18.0 Å². The van der Waals surface area contributed by atoms with Crippen molar-refractivity contribution in [3.05, 3.63) is 29.8 Å². The molecule has 3 heteroatoms. The molecule has 0 aliphatic heterocycles. The largest absolute Gasteiger partial charge is 0.481 e. The number of pyridine rings is 1. The average molecular weight is 244 g/mol. The van der Waals surface area contributed by atoms with Gasteiger partial charge in [-0.1, -0.05) is 31.9 Å². The molecule has 0 saturated heterocycles. The van der Waals surface area contributed by atoms with Crippen molar-refractivity contribution in [1.82, 2.24) is 4.98 Å². The third kappa shape index (κ3) is 2.55. The molecule has 2 rings (SSSR count). The van der Waals surface area contributed by atoms with Crippen LogP contribution in [0.25, 0.3) is 10.9 Å². The summed E-state index contributed by atoms with van der Waals surface area (Å²) in [4.78, 5) is 4.52. The zero-order chi connectivity index (χ0) is 13.0. The van der Waals surface area contributed by atoms with E-state index in [1.165, 1.54) is 24.8 Å². The number of aryl methyl sites for hydroxylation is 1. The highest BCUT2D eigenvalue weighted by molar-refractivity contribution is 5.90. The van der Waals surface area contributed by atoms with Crippen molar-refractivity contribution in [2.45, 2.75) is 32.6 Å². The maximum absolute atomic E-state index is 5.93. The second-order valence-corrected chi connectivity index (χ2v) is 4.53. The minimum atomic E-state index is 0.700. The summed E-state index contributed by atoms with van der Waals surface area (Å²) >= 11 is 0. The second kappa shape index (κ2) is 5.71. The molecule has 0 unspecified atom stereocenters. The highest BCUT2D eigenvalue weighted by atomic mass is 16.5. The molecular weight excluding hydrogens is 224 g/mol. The third-order valence-electron chi connectivity index (χ3n) is 3.16. The maximum Gasteiger partial charge on any atom is 0.216 e. The van der Waals surface area contributed by atoms with Gasteiger partial charge in [0.25, 0.3) is 0 Å². The number of ether oxygens (including phenoxy) is 1. The first-order valence-corrected chi connectivity index (χ1v) is 6.48. The van der Waals surface area contributed by atoms with Crippen LogP contribution >= 0.6 is 0 Å². The lowest BCUT2D eigenvalue weighted by atomic mass is 10.1. The monoisotopic (exact) mass is 244 g/mol. The molecule has 0 aliphatic carbocycles. The van der Waals surface area contributed by atoms with Crippen LogP contribution < -0.4 is 10.5 Å². The van der Waals surface area contributed by atoms with Gasteiger partial charge in [0.2, 0.25) is 5.88 Å². The molecule has 1 heterocycles. The highest BCUT2D eigenvalue weighted by Crippen LogP contribution is 2.26. The predicted molar refractivity (Wildman–Crippen MR) is 75.9 cm³/mol. The van der Waals surface area contributed by atoms with Crippen LogP contribution in [0.1, 0.15) is 31.7 Å². The molecular formula is C15H20N2O. The van der Waals surface area contributed by atoms with Crippen molar-refractivity contribution in [2.24, 2.45) is 0 Å². The number of hydrogen-bond acceptors (Lipinski definition) is 3. The molecule has 2 N–H and O–H groups in total. The number of nitrogen functional groups attached to an aromatic ring is 1. The van der Waals surface area contributed by atoms with Gasteiger partial charge in [0.1, 0.15) is 0 Å². The number of methoxy groups -OCH3 is 1. The smallest absolute Gasteiger partial charge is 0.216 e. The summed E-state index contributed by atoms with van der Waals surface area (Å²) in [5.74, 6) is 0.705. The van der Waals surface area contributed by atoms with Gasteiger partial charge in [0.15, 0.2) is 0 Å². The molecule has 96 valence electrons. The van der Waals surface area contributed by atoms with Gasteiger partial charge in [0, 0.05) is 10.9 Å². The molecule has 0 radical (unpaired) electrons. The van der Waals surface area contributed by atoms with Crippen molar-refractivity contribution in [2.75, 3.05) is 12.8 Å². The van der Waals surface area contributed by atoms with Gasteiger partial charge in [0.05, 0.1) is 18.3 Å². The lowest BCUT2D eigenvalue weighted by Crippen LogP contribution is -1.98. The third-order valence-corrected chi connectivity index (χ3v) is 3.16. The van der Waals surface area contributed by atoms with Crippen molar-refractivity contribution in [3.8, 4) is 5.88 Å². The van der Waals surface area contributed by atoms with Gasteiger partial charge in [-0.3, -0.25) is 0 Å². The zero-order valence-electron chi connectivity index (χ0n) is 11.1. The molecule has 0 spiro atoms. The van der Waals surface area contributed by atoms with Crippen LogP contribution in [0.15, 0.2) is 24.3 Å². The van der Waals surface area contributed by atoms with Gasteiger partial charge in [-0.05, 0) is 25.0 Å². The lowest BCUT2D eigenvalue weighted by molar-refractivity contribution is 0.393. The number of para-hydroxylation sites is 1. The normalized spacial score (nSPS) is 10.8. The molecule has 18 heavy (non-hydrogen) atoms. The fourth-order valence-corrected chi connectivity index (χ4v) is 2.17. The van der Waals surface area contributed by atoms with Gasteiger partial charge < -0.3 is 10.5 Å². The van der Waals surface area contributed by atoms with Crippen LogP contribution in [0.2, 0.25) is 0 Å². The van der Waals surface area contributed by atoms with E-state index >= 15 is 0 Å². The first-order valence-electron chi connectivity index (χ1n) is 6.48. The van der Waals surface area contributed by atoms with Crippen molar-refractivity contribution in [1.29, 1.82) is 0 Å². The SMILES string of the molecule is CCCCCc1cc2cccc(N)c2nc1OC. The van der Waals surface area contributed by atoms with E-state index in [1.807, 2.05) is 18.2 Å². The van der Waals surface area contributed by atoms with Crippen LogP contribution in [-0.2, 0) is 6.42 Å². The van der Waals surface area contributed by atoms with Crippen LogP contribution in [0.5, 0.6) is 5.88 Å². The van der Waals surface area contributed by atoms with Crippen LogP contribution in [-0.4, -0.2) is 12.1 Å². The summed E-state index contributed by atoms with van der Waals surface area (Å²) in [6.07, 6.45) is 4.63. The van der Waals surface area contributed by atoms with Gasteiger partial charge >= 0.3 is 0 Å². The molecule has 2 aromatic rings. The van der Waals surface area contributed by atoms with E-state index in [0.29, 0.717) is 11.6 Å². The lowest BCUT2D eigenvalue weighted by Gasteiger charge is -2.10. The Bertz CT molecular complexity index is 537. The number of benzene rings is 1. The highest BCUT2D eigenvalue weighted by Gasteiger charge is 2.08. The number of fused-ring (bicyclic) bond motifs is 1. The van der Waals surface area contributed by atoms with E-state index in [-0.39, 0.29) is 0 Å². The number of rotatable bonds is 5. The molecule has 0 saturated carbocycles. The Morgan fingerprint density at radius 2 is 2.11 bits per heavy atom. The molecule has 3 nitrogen and oxygen atoms in total. The Hall–Kier alpha value is -1.77. The summed E-state index contributed by atoms with van der Waals surface area (Å²) in [6, 6.07) is 8.02. The topological polar surface area (TPSA) is 48.1 Å². The Balaban J connectivity index is 2.39. The number of aromatic nitrogens is 1. The zero-order valence-corrected chi connectivity index (χ0v) is 11.1. The Morgan fingerprint density at radius 3 is 2.83 bits per heavy atom. The van der Waals surface area contributed by atoms with E-state index in [0.717, 1.165) is 17.3 Å². The molecule has 1 aromatic carbocycles. The van der Waals surface area contributed by atoms with Gasteiger partial charge in [-0.15, -0.1) is 0 Å². The molecule has 0 amide bonds. The standard InChI is InChI=1S/C15H20N2O/c1-3-4-5-7-12-10-11-8-6-9-13(16)14(11)17-15(12)18-2/h6,8-10H,3-5,7,16H2,1-2H3. The minimum absolute atomic E-state index is 0.700. The average Bonchev–Trinajstić information content (AvgIpc) is 2.39. The quantitative estimate of drug-likeness (QED) is 0.646. The fourth-order valence-electron chi connectivity index (χ4n) is 2.17. The van der Waals surface area contributed by atoms with Crippen LogP contribution in [0.4, 0.5) is 5.69 Å². The van der Waals surface area contributed by atoms with E-state index in [9.17, 15) is 0 Å². The second-order valence-electron chi connectivity index (χ2n) is 4.53. The predicted octanol–water partition coefficient (Wildman–Crippen LogP) is 3.56. The summed E-state index contributed by atoms with van der Waals surface area (Å²) in [5.41, 5.74) is 8.63. The minimum Gasteiger partial charge on any atom is -0.481 e. The number of nitrogens with zero attached hydrogens (tertiary/aromatic N) is 1. The number of unbranched alkanes of at least 4 members (excludes halogenated alkanes) is 2. The molecule has 1 aromatic heterocycles. The van der Waals surface area contributed by atoms with Crippen LogP contribution in [0, 0.1) is 0 Å². The van der Waals surface area contributed by atoms with Crippen molar-refractivity contribution in [3.63, 3.8) is 0 Å². The first kappa shape index (κ1) is 12.7. The fraction of sp³-hybridized carbons (Fsp3) is 0.400. The van der Waals surface area contributed by atoms with E-state index < -0.39 is 0 Å². The Kier molecular flexibility index (Phi) is 4.03. The summed E-state index contributed by atoms with van der Waals surface area (Å²) in [7, 11) is 1.66. The number of hydrogen-bond donors (Lipinski definition) is 1. The summed E-state index contributed by atoms with van der Waals surface area (Å²) in [5, 5.41) is 1.09. The van der Waals surface area contributed by atoms with Crippen molar-refractivity contribution >= 4 is 16.6 Å². The molecule has 0 fully saturated rings. The number of nitrogens with two attached hydrogens (primary N) is 1. The maximum atomic E-state index is 5.93. The Morgan fingerprint density at radius 1 is 1.28 bits per heavy atom. The first-order chi connectivity index (χ1) is 8.76.